The van der Waals surface area contributed by atoms with E-state index in [1.54, 1.807) is 6.07 Å². The van der Waals surface area contributed by atoms with Gasteiger partial charge in [0, 0.05) is 27.4 Å². The van der Waals surface area contributed by atoms with Gasteiger partial charge in [-0.05, 0) is 68.5 Å². The van der Waals surface area contributed by atoms with Gasteiger partial charge in [-0.3, -0.25) is 0 Å². The van der Waals surface area contributed by atoms with Gasteiger partial charge in [-0.15, -0.1) is 0 Å². The first-order valence-corrected chi connectivity index (χ1v) is 11.6. The van der Waals surface area contributed by atoms with E-state index in [1.165, 1.54) is 0 Å². The van der Waals surface area contributed by atoms with Crippen LogP contribution >= 0.6 is 23.2 Å². The number of hydrogen-bond donors (Lipinski definition) is 1. The fourth-order valence-electron chi connectivity index (χ4n) is 4.67. The number of carbonyl (C=O) groups is 1. The second-order valence-electron chi connectivity index (χ2n) is 8.58. The minimum Gasteiger partial charge on any atom is -0.482 e. The zero-order valence-corrected chi connectivity index (χ0v) is 20.5. The average Bonchev–Trinajstić information content (AvgIpc) is 2.75. The molecule has 1 N–H and O–H groups in total. The summed E-state index contributed by atoms with van der Waals surface area (Å²) in [6.07, 6.45) is 1.28. The molecule has 4 atom stereocenters. The van der Waals surface area contributed by atoms with Gasteiger partial charge in [-0.25, -0.2) is 4.79 Å². The number of benzene rings is 2. The Morgan fingerprint density at radius 1 is 1.28 bits per heavy atom. The van der Waals surface area contributed by atoms with E-state index in [4.69, 9.17) is 37.8 Å². The zero-order valence-electron chi connectivity index (χ0n) is 19.0. The molecule has 3 rings (SSSR count). The summed E-state index contributed by atoms with van der Waals surface area (Å²) in [6.45, 7) is 11.7. The predicted molar refractivity (Wildman–Crippen MR) is 129 cm³/mol. The van der Waals surface area contributed by atoms with Gasteiger partial charge in [0.25, 0.3) is 0 Å². The fraction of sp³-hybridized carbons (Fsp3) is 0.423. The molecule has 0 saturated carbocycles. The van der Waals surface area contributed by atoms with Gasteiger partial charge < -0.3 is 14.6 Å². The van der Waals surface area contributed by atoms with Crippen LogP contribution in [0.2, 0.25) is 10.0 Å². The third-order valence-corrected chi connectivity index (χ3v) is 7.10. The first-order valence-electron chi connectivity index (χ1n) is 10.8. The number of hydrogen-bond acceptors (Lipinski definition) is 3. The second kappa shape index (κ2) is 10.3. The third-order valence-electron chi connectivity index (χ3n) is 6.28. The molecule has 0 spiro atoms. The molecule has 1 fully saturated rings. The molecular formula is C26H30Cl2O4. The van der Waals surface area contributed by atoms with Crippen molar-refractivity contribution in [1.29, 1.82) is 0 Å². The number of ether oxygens (including phenoxy) is 2. The summed E-state index contributed by atoms with van der Waals surface area (Å²) < 4.78 is 12.4. The van der Waals surface area contributed by atoms with E-state index in [0.717, 1.165) is 40.7 Å². The Hall–Kier alpha value is -2.01. The molecule has 0 aliphatic carbocycles. The molecular weight excluding hydrogens is 447 g/mol. The highest BCUT2D eigenvalue weighted by atomic mass is 35.5. The van der Waals surface area contributed by atoms with E-state index >= 15 is 0 Å². The van der Waals surface area contributed by atoms with Crippen molar-refractivity contribution in [1.82, 2.24) is 0 Å². The normalized spacial score (nSPS) is 23.1. The fourth-order valence-corrected chi connectivity index (χ4v) is 5.03. The molecule has 2 aromatic rings. The predicted octanol–water partition coefficient (Wildman–Crippen LogP) is 7.29. The number of rotatable bonds is 7. The summed E-state index contributed by atoms with van der Waals surface area (Å²) in [4.78, 5) is 11.2. The van der Waals surface area contributed by atoms with Crippen LogP contribution in [0.3, 0.4) is 0 Å². The highest BCUT2D eigenvalue weighted by Gasteiger charge is 2.41. The average molecular weight is 477 g/mol. The highest BCUT2D eigenvalue weighted by Crippen LogP contribution is 2.50. The minimum absolute atomic E-state index is 0.00596. The minimum atomic E-state index is -1.03. The van der Waals surface area contributed by atoms with Crippen LogP contribution in [0.5, 0.6) is 5.75 Å². The van der Waals surface area contributed by atoms with E-state index in [1.807, 2.05) is 39.0 Å². The summed E-state index contributed by atoms with van der Waals surface area (Å²) in [6, 6.07) is 9.74. The summed E-state index contributed by atoms with van der Waals surface area (Å²) in [5.74, 6) is -0.360. The van der Waals surface area contributed by atoms with E-state index in [0.29, 0.717) is 15.8 Å². The van der Waals surface area contributed by atoms with Crippen LogP contribution in [0.4, 0.5) is 0 Å². The van der Waals surface area contributed by atoms with E-state index in [2.05, 4.69) is 19.6 Å². The molecule has 32 heavy (non-hydrogen) atoms. The molecule has 0 radical (unpaired) electrons. The Kier molecular flexibility index (Phi) is 7.92. The standard InChI is InChI=1S/C26H30Cl2O4/c1-6-21-20(17-8-7-9-18(27)11-17)12-19(14(2)3)26(32-21)24-16(5)25(28)15(4)10-22(24)31-13-23(29)30/h7-11,19-21,26H,2,6,12-13H2,1,3-5H3,(H,29,30)/t19-,20-,21+,26+/m1/s1. The van der Waals surface area contributed by atoms with Crippen molar-refractivity contribution in [2.75, 3.05) is 6.61 Å². The Labute approximate surface area is 200 Å². The van der Waals surface area contributed by atoms with Crippen molar-refractivity contribution in [2.45, 2.75) is 58.7 Å². The Bertz CT molecular complexity index is 1020. The largest absolute Gasteiger partial charge is 0.482 e. The van der Waals surface area contributed by atoms with Crippen molar-refractivity contribution in [3.63, 3.8) is 0 Å². The van der Waals surface area contributed by atoms with Gasteiger partial charge in [0.15, 0.2) is 6.61 Å². The third kappa shape index (κ3) is 5.14. The van der Waals surface area contributed by atoms with Crippen LogP contribution in [-0.2, 0) is 9.53 Å². The van der Waals surface area contributed by atoms with Gasteiger partial charge >= 0.3 is 5.97 Å². The number of carboxylic acid groups (broad SMARTS) is 1. The van der Waals surface area contributed by atoms with Crippen LogP contribution in [-0.4, -0.2) is 23.8 Å². The smallest absolute Gasteiger partial charge is 0.341 e. The number of aryl methyl sites for hydroxylation is 1. The van der Waals surface area contributed by atoms with Crippen LogP contribution in [0.15, 0.2) is 42.5 Å². The van der Waals surface area contributed by atoms with E-state index < -0.39 is 12.6 Å². The topological polar surface area (TPSA) is 55.8 Å². The molecule has 0 unspecified atom stereocenters. The summed E-state index contributed by atoms with van der Waals surface area (Å²) in [5.41, 5.74) is 4.63. The Morgan fingerprint density at radius 2 is 2.00 bits per heavy atom. The zero-order chi connectivity index (χ0) is 23.6. The molecule has 2 aromatic carbocycles. The van der Waals surface area contributed by atoms with E-state index in [-0.39, 0.29) is 24.0 Å². The first kappa shape index (κ1) is 24.6. The lowest BCUT2D eigenvalue weighted by Crippen LogP contribution is -2.36. The van der Waals surface area contributed by atoms with Crippen LogP contribution in [0, 0.1) is 19.8 Å². The molecule has 0 amide bonds. The number of halogens is 2. The number of aliphatic carboxylic acids is 1. The maximum absolute atomic E-state index is 11.2. The van der Waals surface area contributed by atoms with Crippen molar-refractivity contribution in [3.05, 3.63) is 74.8 Å². The van der Waals surface area contributed by atoms with Crippen LogP contribution < -0.4 is 4.74 Å². The van der Waals surface area contributed by atoms with Crippen molar-refractivity contribution in [3.8, 4) is 5.75 Å². The second-order valence-corrected chi connectivity index (χ2v) is 9.39. The summed E-state index contributed by atoms with van der Waals surface area (Å²) >= 11 is 12.9. The van der Waals surface area contributed by atoms with Gasteiger partial charge in [-0.2, -0.15) is 0 Å². The molecule has 1 heterocycles. The van der Waals surface area contributed by atoms with Gasteiger partial charge in [0.2, 0.25) is 0 Å². The van der Waals surface area contributed by atoms with Gasteiger partial charge in [0.05, 0.1) is 12.2 Å². The SMILES string of the molecule is C=C(C)[C@H]1C[C@H](c2cccc(Cl)c2)[C@H](CC)O[C@@H]1c1c(OCC(=O)O)cc(C)c(Cl)c1C. The lowest BCUT2D eigenvalue weighted by Gasteiger charge is -2.43. The first-order chi connectivity index (χ1) is 15.1. The van der Waals surface area contributed by atoms with Crippen molar-refractivity contribution in [2.24, 2.45) is 5.92 Å². The molecule has 1 aliphatic rings. The highest BCUT2D eigenvalue weighted by molar-refractivity contribution is 6.32. The summed E-state index contributed by atoms with van der Waals surface area (Å²) in [5, 5.41) is 10.5. The Morgan fingerprint density at radius 3 is 2.59 bits per heavy atom. The van der Waals surface area contributed by atoms with Crippen molar-refractivity contribution < 1.29 is 19.4 Å². The molecule has 0 bridgehead atoms. The maximum Gasteiger partial charge on any atom is 0.341 e. The molecule has 1 aliphatic heterocycles. The van der Waals surface area contributed by atoms with Crippen LogP contribution in [0.25, 0.3) is 0 Å². The lowest BCUT2D eigenvalue weighted by molar-refractivity contribution is -0.139. The van der Waals surface area contributed by atoms with E-state index in [9.17, 15) is 4.79 Å². The molecule has 6 heteroatoms. The number of carboxylic acids is 1. The molecule has 0 aromatic heterocycles. The molecule has 1 saturated heterocycles. The Balaban J connectivity index is 2.08. The summed E-state index contributed by atoms with van der Waals surface area (Å²) in [7, 11) is 0. The maximum atomic E-state index is 11.2. The lowest BCUT2D eigenvalue weighted by atomic mass is 9.74. The van der Waals surface area contributed by atoms with Crippen LogP contribution in [0.1, 0.15) is 61.0 Å². The van der Waals surface area contributed by atoms with Gasteiger partial charge in [0.1, 0.15) is 5.75 Å². The quantitative estimate of drug-likeness (QED) is 0.426. The molecule has 172 valence electrons. The van der Waals surface area contributed by atoms with Crippen molar-refractivity contribution >= 4 is 29.2 Å². The monoisotopic (exact) mass is 476 g/mol. The molecule has 4 nitrogen and oxygen atoms in total. The van der Waals surface area contributed by atoms with Gasteiger partial charge in [-0.1, -0.05) is 54.4 Å².